The van der Waals surface area contributed by atoms with Crippen LogP contribution in [0.1, 0.15) is 5.56 Å². The molecule has 10 heteroatoms. The van der Waals surface area contributed by atoms with Gasteiger partial charge in [0, 0.05) is 16.6 Å². The van der Waals surface area contributed by atoms with Gasteiger partial charge in [0.15, 0.2) is 0 Å². The molecule has 1 N–H and O–H groups in total. The number of nitrogens with zero attached hydrogens (tertiary/aromatic N) is 1. The molecule has 2 rings (SSSR count). The Morgan fingerprint density at radius 1 is 1.11 bits per heavy atom. The SMILES string of the molecule is COc1ccc(N(CC(=O)NCc2ccc(Cl)cc2Cl)S(C)(=O)=O)cc1Cl. The molecule has 0 fully saturated rings. The standard InChI is InChI=1S/C17H17Cl3N2O4S/c1-26-16-6-5-13(8-15(16)20)22(27(2,24)25)10-17(23)21-9-11-3-4-12(18)7-14(11)19/h3-8H,9-10H2,1-2H3,(H,21,23). The summed E-state index contributed by atoms with van der Waals surface area (Å²) in [6.07, 6.45) is 1.01. The summed E-state index contributed by atoms with van der Waals surface area (Å²) in [7, 11) is -2.27. The van der Waals surface area contributed by atoms with Crippen LogP contribution < -0.4 is 14.4 Å². The van der Waals surface area contributed by atoms with Gasteiger partial charge >= 0.3 is 0 Å². The second kappa shape index (κ2) is 9.01. The highest BCUT2D eigenvalue weighted by molar-refractivity contribution is 7.92. The Morgan fingerprint density at radius 3 is 2.37 bits per heavy atom. The lowest BCUT2D eigenvalue weighted by molar-refractivity contribution is -0.119. The van der Waals surface area contributed by atoms with Crippen molar-refractivity contribution in [2.24, 2.45) is 0 Å². The summed E-state index contributed by atoms with van der Waals surface area (Å²) >= 11 is 18.0. The van der Waals surface area contributed by atoms with Gasteiger partial charge in [0.2, 0.25) is 15.9 Å². The number of methoxy groups -OCH3 is 1. The molecule has 146 valence electrons. The van der Waals surface area contributed by atoms with Crippen molar-refractivity contribution in [1.29, 1.82) is 0 Å². The minimum absolute atomic E-state index is 0.135. The number of hydrogen-bond donors (Lipinski definition) is 1. The Labute approximate surface area is 173 Å². The van der Waals surface area contributed by atoms with Crippen LogP contribution in [0.15, 0.2) is 36.4 Å². The molecule has 0 aromatic heterocycles. The second-order valence-corrected chi connectivity index (χ2v) is 8.76. The summed E-state index contributed by atoms with van der Waals surface area (Å²) in [6.45, 7) is -0.275. The molecule has 0 bridgehead atoms. The van der Waals surface area contributed by atoms with E-state index in [1.807, 2.05) is 0 Å². The summed E-state index contributed by atoms with van der Waals surface area (Å²) in [5, 5.41) is 3.76. The van der Waals surface area contributed by atoms with Gasteiger partial charge in [-0.2, -0.15) is 0 Å². The van der Waals surface area contributed by atoms with Crippen molar-refractivity contribution < 1.29 is 17.9 Å². The molecule has 0 saturated carbocycles. The van der Waals surface area contributed by atoms with Crippen LogP contribution in [0.4, 0.5) is 5.69 Å². The van der Waals surface area contributed by atoms with Crippen LogP contribution in [0.25, 0.3) is 0 Å². The monoisotopic (exact) mass is 450 g/mol. The van der Waals surface area contributed by atoms with Gasteiger partial charge in [0.05, 0.1) is 24.1 Å². The minimum Gasteiger partial charge on any atom is -0.495 e. The first-order chi connectivity index (χ1) is 12.6. The third-order valence-electron chi connectivity index (χ3n) is 3.60. The Kier molecular flexibility index (Phi) is 7.22. The number of amides is 1. The third kappa shape index (κ3) is 5.90. The topological polar surface area (TPSA) is 75.7 Å². The predicted octanol–water partition coefficient (Wildman–Crippen LogP) is 3.74. The number of halogens is 3. The van der Waals surface area contributed by atoms with Gasteiger partial charge in [-0.15, -0.1) is 0 Å². The maximum atomic E-state index is 12.3. The number of carbonyl (C=O) groups is 1. The summed E-state index contributed by atoms with van der Waals surface area (Å²) in [5.74, 6) is -0.103. The van der Waals surface area contributed by atoms with Crippen molar-refractivity contribution >= 4 is 56.4 Å². The van der Waals surface area contributed by atoms with E-state index in [1.54, 1.807) is 18.2 Å². The van der Waals surface area contributed by atoms with Crippen LogP contribution in [0.5, 0.6) is 5.75 Å². The van der Waals surface area contributed by atoms with Crippen molar-refractivity contribution in [3.8, 4) is 5.75 Å². The maximum Gasteiger partial charge on any atom is 0.241 e. The van der Waals surface area contributed by atoms with E-state index in [9.17, 15) is 13.2 Å². The molecule has 0 aliphatic heterocycles. The predicted molar refractivity (Wildman–Crippen MR) is 109 cm³/mol. The highest BCUT2D eigenvalue weighted by atomic mass is 35.5. The van der Waals surface area contributed by atoms with E-state index in [2.05, 4.69) is 5.32 Å². The fraction of sp³-hybridized carbons (Fsp3) is 0.235. The molecule has 2 aromatic rings. The minimum atomic E-state index is -3.72. The lowest BCUT2D eigenvalue weighted by atomic mass is 10.2. The number of hydrogen-bond acceptors (Lipinski definition) is 4. The Morgan fingerprint density at radius 2 is 1.81 bits per heavy atom. The van der Waals surface area contributed by atoms with E-state index >= 15 is 0 Å². The molecule has 2 aromatic carbocycles. The zero-order valence-corrected chi connectivity index (χ0v) is 17.6. The zero-order chi connectivity index (χ0) is 20.2. The van der Waals surface area contributed by atoms with Crippen molar-refractivity contribution in [2.75, 3.05) is 24.2 Å². The number of sulfonamides is 1. The van der Waals surface area contributed by atoms with Gasteiger partial charge in [0.1, 0.15) is 12.3 Å². The van der Waals surface area contributed by atoms with E-state index in [-0.39, 0.29) is 17.3 Å². The summed E-state index contributed by atoms with van der Waals surface area (Å²) in [5.41, 5.74) is 0.913. The molecular weight excluding hydrogens is 435 g/mol. The lowest BCUT2D eigenvalue weighted by Crippen LogP contribution is -2.40. The van der Waals surface area contributed by atoms with E-state index in [0.29, 0.717) is 21.4 Å². The van der Waals surface area contributed by atoms with Gasteiger partial charge in [-0.1, -0.05) is 40.9 Å². The quantitative estimate of drug-likeness (QED) is 0.696. The summed E-state index contributed by atoms with van der Waals surface area (Å²) in [4.78, 5) is 12.3. The van der Waals surface area contributed by atoms with Gasteiger partial charge in [0.25, 0.3) is 0 Å². The molecule has 0 saturated heterocycles. The number of carbonyl (C=O) groups excluding carboxylic acids is 1. The van der Waals surface area contributed by atoms with E-state index in [4.69, 9.17) is 39.5 Å². The summed E-state index contributed by atoms with van der Waals surface area (Å²) < 4.78 is 30.3. The van der Waals surface area contributed by atoms with Gasteiger partial charge < -0.3 is 10.1 Å². The molecular formula is C17H17Cl3N2O4S. The maximum absolute atomic E-state index is 12.3. The third-order valence-corrected chi connectivity index (χ3v) is 5.62. The average molecular weight is 452 g/mol. The van der Waals surface area contributed by atoms with Crippen molar-refractivity contribution in [3.63, 3.8) is 0 Å². The molecule has 1 amide bonds. The average Bonchev–Trinajstić information content (AvgIpc) is 2.58. The number of nitrogens with one attached hydrogen (secondary N) is 1. The molecule has 0 aliphatic carbocycles. The molecule has 27 heavy (non-hydrogen) atoms. The Bertz CT molecular complexity index is 951. The lowest BCUT2D eigenvalue weighted by Gasteiger charge is -2.22. The molecule has 6 nitrogen and oxygen atoms in total. The first kappa shape index (κ1) is 21.6. The molecule has 0 aliphatic rings. The van der Waals surface area contributed by atoms with Gasteiger partial charge in [-0.25, -0.2) is 8.42 Å². The molecule has 0 heterocycles. The molecule has 0 unspecified atom stereocenters. The highest BCUT2D eigenvalue weighted by Gasteiger charge is 2.22. The number of anilines is 1. The molecule has 0 spiro atoms. The first-order valence-electron chi connectivity index (χ1n) is 7.63. The van der Waals surface area contributed by atoms with Crippen LogP contribution in [-0.4, -0.2) is 34.2 Å². The Balaban J connectivity index is 2.14. The highest BCUT2D eigenvalue weighted by Crippen LogP contribution is 2.30. The fourth-order valence-corrected chi connectivity index (χ4v) is 3.83. The van der Waals surface area contributed by atoms with Gasteiger partial charge in [-0.05, 0) is 35.9 Å². The normalized spacial score (nSPS) is 11.1. The van der Waals surface area contributed by atoms with E-state index < -0.39 is 22.5 Å². The van der Waals surface area contributed by atoms with Crippen LogP contribution in [-0.2, 0) is 21.4 Å². The number of benzene rings is 2. The zero-order valence-electron chi connectivity index (χ0n) is 14.5. The van der Waals surface area contributed by atoms with Crippen LogP contribution in [0, 0.1) is 0 Å². The van der Waals surface area contributed by atoms with E-state index in [0.717, 1.165) is 10.6 Å². The summed E-state index contributed by atoms with van der Waals surface area (Å²) in [6, 6.07) is 9.35. The Hall–Kier alpha value is -1.67. The second-order valence-electron chi connectivity index (χ2n) is 5.60. The smallest absolute Gasteiger partial charge is 0.241 e. The van der Waals surface area contributed by atoms with Crippen molar-refractivity contribution in [2.45, 2.75) is 6.54 Å². The fourth-order valence-electron chi connectivity index (χ4n) is 2.26. The van der Waals surface area contributed by atoms with Gasteiger partial charge in [-0.3, -0.25) is 9.10 Å². The molecule has 0 radical (unpaired) electrons. The number of ether oxygens (including phenoxy) is 1. The van der Waals surface area contributed by atoms with Crippen LogP contribution in [0.2, 0.25) is 15.1 Å². The van der Waals surface area contributed by atoms with Crippen LogP contribution >= 0.6 is 34.8 Å². The van der Waals surface area contributed by atoms with Crippen molar-refractivity contribution in [1.82, 2.24) is 5.32 Å². The largest absolute Gasteiger partial charge is 0.495 e. The first-order valence-corrected chi connectivity index (χ1v) is 10.6. The number of rotatable bonds is 7. The van der Waals surface area contributed by atoms with E-state index in [1.165, 1.54) is 25.3 Å². The van der Waals surface area contributed by atoms with Crippen molar-refractivity contribution in [3.05, 3.63) is 57.0 Å². The van der Waals surface area contributed by atoms with Crippen LogP contribution in [0.3, 0.4) is 0 Å². The molecule has 0 atom stereocenters.